The van der Waals surface area contributed by atoms with E-state index < -0.39 is 0 Å². The Hall–Kier alpha value is -2.34. The zero-order valence-corrected chi connectivity index (χ0v) is 13.2. The van der Waals surface area contributed by atoms with E-state index in [2.05, 4.69) is 31.9 Å². The molecule has 0 bridgehead atoms. The third kappa shape index (κ3) is 3.07. The molecule has 23 heavy (non-hydrogen) atoms. The third-order valence-electron chi connectivity index (χ3n) is 4.27. The summed E-state index contributed by atoms with van der Waals surface area (Å²) < 4.78 is 10.8. The van der Waals surface area contributed by atoms with Crippen molar-refractivity contribution in [2.45, 2.75) is 13.5 Å². The van der Waals surface area contributed by atoms with Crippen molar-refractivity contribution in [1.82, 2.24) is 14.9 Å². The number of rotatable bonds is 3. The number of piperazine rings is 1. The lowest BCUT2D eigenvalue weighted by Crippen LogP contribution is -2.46. The Bertz CT molecular complexity index is 681. The molecule has 0 radical (unpaired) electrons. The first-order chi connectivity index (χ1) is 11.3. The molecule has 2 aliphatic heterocycles. The van der Waals surface area contributed by atoms with E-state index in [1.54, 1.807) is 0 Å². The smallest absolute Gasteiger partial charge is 0.231 e. The number of anilines is 1. The summed E-state index contributed by atoms with van der Waals surface area (Å²) in [6.07, 6.45) is 3.75. The Morgan fingerprint density at radius 3 is 2.52 bits per heavy atom. The van der Waals surface area contributed by atoms with E-state index in [-0.39, 0.29) is 0 Å². The van der Waals surface area contributed by atoms with Crippen LogP contribution in [-0.2, 0) is 6.54 Å². The number of benzene rings is 1. The summed E-state index contributed by atoms with van der Waals surface area (Å²) in [7, 11) is 0. The van der Waals surface area contributed by atoms with Crippen LogP contribution in [0, 0.1) is 6.92 Å². The molecule has 6 nitrogen and oxygen atoms in total. The molecule has 2 aliphatic rings. The van der Waals surface area contributed by atoms with Gasteiger partial charge < -0.3 is 14.4 Å². The van der Waals surface area contributed by atoms with Gasteiger partial charge in [0.25, 0.3) is 0 Å². The minimum absolute atomic E-state index is 0.327. The van der Waals surface area contributed by atoms with Crippen LogP contribution in [0.1, 0.15) is 11.1 Å². The topological polar surface area (TPSA) is 50.7 Å². The predicted octanol–water partition coefficient (Wildman–Crippen LogP) is 1.84. The number of aryl methyl sites for hydroxylation is 1. The van der Waals surface area contributed by atoms with Gasteiger partial charge >= 0.3 is 0 Å². The summed E-state index contributed by atoms with van der Waals surface area (Å²) in [6, 6.07) is 6.19. The molecule has 1 fully saturated rings. The first-order valence-electron chi connectivity index (χ1n) is 7.92. The van der Waals surface area contributed by atoms with Gasteiger partial charge in [-0.3, -0.25) is 4.90 Å². The molecule has 4 rings (SSSR count). The van der Waals surface area contributed by atoms with E-state index in [1.807, 2.05) is 25.4 Å². The first kappa shape index (κ1) is 14.3. The summed E-state index contributed by atoms with van der Waals surface area (Å²) in [5, 5.41) is 0. The summed E-state index contributed by atoms with van der Waals surface area (Å²) in [4.78, 5) is 13.5. The predicted molar refractivity (Wildman–Crippen MR) is 86.8 cm³/mol. The molecule has 0 spiro atoms. The molecule has 0 amide bonds. The maximum atomic E-state index is 5.45. The monoisotopic (exact) mass is 312 g/mol. The molecule has 1 aromatic carbocycles. The fourth-order valence-electron chi connectivity index (χ4n) is 2.95. The van der Waals surface area contributed by atoms with Crippen LogP contribution in [0.4, 0.5) is 5.95 Å². The molecule has 2 aromatic rings. The molecule has 3 heterocycles. The van der Waals surface area contributed by atoms with E-state index >= 15 is 0 Å². The lowest BCUT2D eigenvalue weighted by molar-refractivity contribution is 0.174. The molecule has 6 heteroatoms. The van der Waals surface area contributed by atoms with Crippen LogP contribution in [0.5, 0.6) is 11.5 Å². The van der Waals surface area contributed by atoms with Crippen molar-refractivity contribution in [3.63, 3.8) is 0 Å². The second-order valence-electron chi connectivity index (χ2n) is 6.01. The average Bonchev–Trinajstić information content (AvgIpc) is 3.04. The van der Waals surface area contributed by atoms with Crippen molar-refractivity contribution in [2.24, 2.45) is 0 Å². The van der Waals surface area contributed by atoms with Crippen LogP contribution < -0.4 is 14.4 Å². The Morgan fingerprint density at radius 2 is 1.74 bits per heavy atom. The van der Waals surface area contributed by atoms with Gasteiger partial charge in [-0.1, -0.05) is 6.07 Å². The number of aromatic nitrogens is 2. The number of hydrogen-bond donors (Lipinski definition) is 0. The Morgan fingerprint density at radius 1 is 1.00 bits per heavy atom. The first-order valence-corrected chi connectivity index (χ1v) is 7.92. The van der Waals surface area contributed by atoms with Crippen molar-refractivity contribution in [3.05, 3.63) is 41.7 Å². The van der Waals surface area contributed by atoms with Gasteiger partial charge in [0.1, 0.15) is 0 Å². The van der Waals surface area contributed by atoms with Crippen molar-refractivity contribution in [2.75, 3.05) is 37.9 Å². The zero-order chi connectivity index (χ0) is 15.6. The van der Waals surface area contributed by atoms with Crippen molar-refractivity contribution < 1.29 is 9.47 Å². The minimum Gasteiger partial charge on any atom is -0.454 e. The molecule has 0 aliphatic carbocycles. The molecular weight excluding hydrogens is 292 g/mol. The van der Waals surface area contributed by atoms with Crippen LogP contribution in [0.3, 0.4) is 0 Å². The van der Waals surface area contributed by atoms with E-state index in [9.17, 15) is 0 Å². The van der Waals surface area contributed by atoms with Gasteiger partial charge in [-0.05, 0) is 30.2 Å². The van der Waals surface area contributed by atoms with Crippen LogP contribution in [-0.4, -0.2) is 47.8 Å². The highest BCUT2D eigenvalue weighted by molar-refractivity contribution is 5.44. The molecule has 0 unspecified atom stereocenters. The second-order valence-corrected chi connectivity index (χ2v) is 6.01. The molecule has 0 saturated carbocycles. The fraction of sp³-hybridized carbons (Fsp3) is 0.412. The van der Waals surface area contributed by atoms with Crippen LogP contribution in [0.25, 0.3) is 0 Å². The largest absolute Gasteiger partial charge is 0.454 e. The Balaban J connectivity index is 1.35. The molecule has 120 valence electrons. The Kier molecular flexibility index (Phi) is 3.75. The van der Waals surface area contributed by atoms with E-state index in [0.717, 1.165) is 55.7 Å². The number of ether oxygens (including phenoxy) is 2. The van der Waals surface area contributed by atoms with E-state index in [4.69, 9.17) is 9.47 Å². The second kappa shape index (κ2) is 6.04. The zero-order valence-electron chi connectivity index (χ0n) is 13.2. The molecule has 0 atom stereocenters. The highest BCUT2D eigenvalue weighted by Gasteiger charge is 2.20. The summed E-state index contributed by atoms with van der Waals surface area (Å²) >= 11 is 0. The maximum Gasteiger partial charge on any atom is 0.231 e. The van der Waals surface area contributed by atoms with Crippen molar-refractivity contribution >= 4 is 5.95 Å². The summed E-state index contributed by atoms with van der Waals surface area (Å²) in [6.45, 7) is 7.18. The highest BCUT2D eigenvalue weighted by Crippen LogP contribution is 2.32. The quantitative estimate of drug-likeness (QED) is 0.862. The minimum atomic E-state index is 0.327. The lowest BCUT2D eigenvalue weighted by Gasteiger charge is -2.34. The van der Waals surface area contributed by atoms with Crippen LogP contribution in [0.15, 0.2) is 30.6 Å². The van der Waals surface area contributed by atoms with Crippen LogP contribution >= 0.6 is 0 Å². The molecule has 1 saturated heterocycles. The number of hydrogen-bond acceptors (Lipinski definition) is 6. The van der Waals surface area contributed by atoms with Gasteiger partial charge in [-0.15, -0.1) is 0 Å². The van der Waals surface area contributed by atoms with Crippen molar-refractivity contribution in [3.8, 4) is 11.5 Å². The average molecular weight is 312 g/mol. The molecule has 0 N–H and O–H groups in total. The number of nitrogens with zero attached hydrogens (tertiary/aromatic N) is 4. The van der Waals surface area contributed by atoms with Gasteiger partial charge in [0.05, 0.1) is 0 Å². The lowest BCUT2D eigenvalue weighted by atomic mass is 10.1. The van der Waals surface area contributed by atoms with E-state index in [0.29, 0.717) is 6.79 Å². The highest BCUT2D eigenvalue weighted by atomic mass is 16.7. The number of fused-ring (bicyclic) bond motifs is 1. The molecular formula is C17H20N4O2. The van der Waals surface area contributed by atoms with Crippen LogP contribution in [0.2, 0.25) is 0 Å². The van der Waals surface area contributed by atoms with Gasteiger partial charge in [0.2, 0.25) is 12.7 Å². The summed E-state index contributed by atoms with van der Waals surface area (Å²) in [5.41, 5.74) is 2.35. The standard InChI is InChI=1S/C17H20N4O2/c1-13-9-18-17(19-10-13)21-6-4-20(5-7-21)11-14-2-3-15-16(8-14)23-12-22-15/h2-3,8-10H,4-7,11-12H2,1H3. The fourth-order valence-corrected chi connectivity index (χ4v) is 2.95. The third-order valence-corrected chi connectivity index (χ3v) is 4.27. The van der Waals surface area contributed by atoms with E-state index in [1.165, 1.54) is 5.56 Å². The molecule has 1 aromatic heterocycles. The maximum absolute atomic E-state index is 5.45. The summed E-state index contributed by atoms with van der Waals surface area (Å²) in [5.74, 6) is 2.53. The van der Waals surface area contributed by atoms with Gasteiger partial charge in [-0.25, -0.2) is 9.97 Å². The van der Waals surface area contributed by atoms with Gasteiger partial charge in [-0.2, -0.15) is 0 Å². The van der Waals surface area contributed by atoms with Gasteiger partial charge in [0.15, 0.2) is 11.5 Å². The van der Waals surface area contributed by atoms with Gasteiger partial charge in [0, 0.05) is 45.1 Å². The Labute approximate surface area is 135 Å². The normalized spacial score (nSPS) is 17.5. The van der Waals surface area contributed by atoms with Crippen molar-refractivity contribution in [1.29, 1.82) is 0 Å². The SMILES string of the molecule is Cc1cnc(N2CCN(Cc3ccc4c(c3)OCO4)CC2)nc1.